The summed E-state index contributed by atoms with van der Waals surface area (Å²) in [6.07, 6.45) is 0. The van der Waals surface area contributed by atoms with Crippen LogP contribution >= 0.6 is 35.0 Å². The number of carbonyl (C=O) groups excluding carboxylic acids is 1. The normalized spacial score (nSPS) is 12.0. The van der Waals surface area contributed by atoms with Crippen LogP contribution in [0, 0.1) is 6.92 Å². The molecule has 0 radical (unpaired) electrons. The summed E-state index contributed by atoms with van der Waals surface area (Å²) in [5, 5.41) is 4.28. The molecule has 1 N–H and O–H groups in total. The molecule has 1 atom stereocenters. The van der Waals surface area contributed by atoms with Crippen LogP contribution in [0.3, 0.4) is 0 Å². The standard InChI is InChI=1S/C18H19Cl2NOS/c1-12-6-8-14(9-7-12)13(2)21-18(22)11-23-10-15-16(19)4-3-5-17(15)20/h3-9,13H,10-11H2,1-2H3,(H,21,22)/t13-/m1/s1. The first-order valence-corrected chi connectivity index (χ1v) is 9.25. The fraction of sp³-hybridized carbons (Fsp3) is 0.278. The monoisotopic (exact) mass is 367 g/mol. The molecule has 2 nitrogen and oxygen atoms in total. The molecule has 0 saturated carbocycles. The summed E-state index contributed by atoms with van der Waals surface area (Å²) in [5.41, 5.74) is 3.18. The van der Waals surface area contributed by atoms with Gasteiger partial charge in [-0.2, -0.15) is 0 Å². The Balaban J connectivity index is 1.82. The molecule has 2 aromatic rings. The van der Waals surface area contributed by atoms with E-state index in [1.54, 1.807) is 0 Å². The van der Waals surface area contributed by atoms with Crippen LogP contribution < -0.4 is 5.32 Å². The van der Waals surface area contributed by atoms with Crippen molar-refractivity contribution in [3.63, 3.8) is 0 Å². The Bertz CT molecular complexity index is 653. The summed E-state index contributed by atoms with van der Waals surface area (Å²) in [6, 6.07) is 13.6. The predicted molar refractivity (Wildman–Crippen MR) is 100 cm³/mol. The van der Waals surface area contributed by atoms with Gasteiger partial charge in [-0.15, -0.1) is 11.8 Å². The van der Waals surface area contributed by atoms with E-state index >= 15 is 0 Å². The Kier molecular flexibility index (Phi) is 6.82. The van der Waals surface area contributed by atoms with Crippen molar-refractivity contribution in [2.45, 2.75) is 25.6 Å². The second kappa shape index (κ2) is 8.62. The molecule has 0 aromatic heterocycles. The summed E-state index contributed by atoms with van der Waals surface area (Å²) in [4.78, 5) is 12.1. The Morgan fingerprint density at radius 2 is 1.74 bits per heavy atom. The minimum atomic E-state index is -0.00685. The van der Waals surface area contributed by atoms with Crippen molar-refractivity contribution in [2.75, 3.05) is 5.75 Å². The summed E-state index contributed by atoms with van der Waals surface area (Å²) in [5.74, 6) is 0.994. The van der Waals surface area contributed by atoms with Crippen molar-refractivity contribution in [2.24, 2.45) is 0 Å². The van der Waals surface area contributed by atoms with Gasteiger partial charge in [0, 0.05) is 15.8 Å². The summed E-state index contributed by atoms with van der Waals surface area (Å²) in [6.45, 7) is 4.03. The molecule has 0 aliphatic carbocycles. The molecule has 2 aromatic carbocycles. The SMILES string of the molecule is Cc1ccc([C@@H](C)NC(=O)CSCc2c(Cl)cccc2Cl)cc1. The van der Waals surface area contributed by atoms with Crippen LogP contribution in [0.4, 0.5) is 0 Å². The van der Waals surface area contributed by atoms with E-state index in [2.05, 4.69) is 5.32 Å². The zero-order chi connectivity index (χ0) is 16.8. The maximum Gasteiger partial charge on any atom is 0.230 e. The van der Waals surface area contributed by atoms with E-state index in [9.17, 15) is 4.79 Å². The topological polar surface area (TPSA) is 29.1 Å². The highest BCUT2D eigenvalue weighted by atomic mass is 35.5. The van der Waals surface area contributed by atoms with Crippen LogP contribution in [-0.4, -0.2) is 11.7 Å². The van der Waals surface area contributed by atoms with Gasteiger partial charge in [-0.3, -0.25) is 4.79 Å². The third-order valence-electron chi connectivity index (χ3n) is 3.50. The van der Waals surface area contributed by atoms with E-state index in [1.807, 2.05) is 56.3 Å². The van der Waals surface area contributed by atoms with Gasteiger partial charge < -0.3 is 5.32 Å². The number of halogens is 2. The van der Waals surface area contributed by atoms with Gasteiger partial charge in [0.25, 0.3) is 0 Å². The number of rotatable bonds is 6. The molecule has 0 saturated heterocycles. The Labute approximate surface area is 151 Å². The van der Waals surface area contributed by atoms with Crippen molar-refractivity contribution in [3.05, 3.63) is 69.2 Å². The third kappa shape index (κ3) is 5.45. The molecule has 2 rings (SSSR count). The van der Waals surface area contributed by atoms with Crippen LogP contribution in [0.5, 0.6) is 0 Å². The van der Waals surface area contributed by atoms with Crippen LogP contribution in [-0.2, 0) is 10.5 Å². The highest BCUT2D eigenvalue weighted by molar-refractivity contribution is 7.99. The van der Waals surface area contributed by atoms with Gasteiger partial charge in [0.1, 0.15) is 0 Å². The number of aryl methyl sites for hydroxylation is 1. The van der Waals surface area contributed by atoms with E-state index in [0.29, 0.717) is 21.6 Å². The lowest BCUT2D eigenvalue weighted by Gasteiger charge is -2.14. The lowest BCUT2D eigenvalue weighted by molar-refractivity contribution is -0.119. The molecule has 0 bridgehead atoms. The summed E-state index contributed by atoms with van der Waals surface area (Å²) in [7, 11) is 0. The van der Waals surface area contributed by atoms with Gasteiger partial charge >= 0.3 is 0 Å². The minimum absolute atomic E-state index is 0.00579. The number of nitrogens with one attached hydrogen (secondary N) is 1. The van der Waals surface area contributed by atoms with Crippen LogP contribution in [0.15, 0.2) is 42.5 Å². The van der Waals surface area contributed by atoms with Crippen LogP contribution in [0.25, 0.3) is 0 Å². The molecule has 1 amide bonds. The van der Waals surface area contributed by atoms with Crippen molar-refractivity contribution in [1.29, 1.82) is 0 Å². The number of thioether (sulfide) groups is 1. The molecule has 5 heteroatoms. The number of hydrogen-bond acceptors (Lipinski definition) is 2. The Hall–Kier alpha value is -1.16. The van der Waals surface area contributed by atoms with Crippen LogP contribution in [0.2, 0.25) is 10.0 Å². The third-order valence-corrected chi connectivity index (χ3v) is 5.16. The fourth-order valence-corrected chi connectivity index (χ4v) is 3.71. The first kappa shape index (κ1) is 18.2. The van der Waals surface area contributed by atoms with Gasteiger partial charge in [0.05, 0.1) is 11.8 Å². The van der Waals surface area contributed by atoms with Gasteiger partial charge in [0.2, 0.25) is 5.91 Å². The highest BCUT2D eigenvalue weighted by Crippen LogP contribution is 2.28. The maximum absolute atomic E-state index is 12.1. The molecule has 0 aliphatic heterocycles. The molecule has 0 fully saturated rings. The van der Waals surface area contributed by atoms with E-state index in [0.717, 1.165) is 11.1 Å². The summed E-state index contributed by atoms with van der Waals surface area (Å²) >= 11 is 13.7. The largest absolute Gasteiger partial charge is 0.349 e. The molecule has 0 heterocycles. The fourth-order valence-electron chi connectivity index (χ4n) is 2.14. The van der Waals surface area contributed by atoms with Gasteiger partial charge in [-0.05, 0) is 37.1 Å². The van der Waals surface area contributed by atoms with E-state index < -0.39 is 0 Å². The highest BCUT2D eigenvalue weighted by Gasteiger charge is 2.11. The maximum atomic E-state index is 12.1. The second-order valence-electron chi connectivity index (χ2n) is 5.39. The zero-order valence-electron chi connectivity index (χ0n) is 13.1. The molecular formula is C18H19Cl2NOS. The van der Waals surface area contributed by atoms with E-state index in [4.69, 9.17) is 23.2 Å². The zero-order valence-corrected chi connectivity index (χ0v) is 15.4. The van der Waals surface area contributed by atoms with Crippen LogP contribution in [0.1, 0.15) is 29.7 Å². The van der Waals surface area contributed by atoms with Gasteiger partial charge in [0.15, 0.2) is 0 Å². The lowest BCUT2D eigenvalue weighted by Crippen LogP contribution is -2.28. The minimum Gasteiger partial charge on any atom is -0.349 e. The first-order chi connectivity index (χ1) is 11.0. The van der Waals surface area contributed by atoms with Crippen molar-refractivity contribution >= 4 is 40.9 Å². The Morgan fingerprint density at radius 1 is 1.13 bits per heavy atom. The van der Waals surface area contributed by atoms with Crippen molar-refractivity contribution in [1.82, 2.24) is 5.32 Å². The van der Waals surface area contributed by atoms with Gasteiger partial charge in [-0.1, -0.05) is 59.1 Å². The lowest BCUT2D eigenvalue weighted by atomic mass is 10.1. The van der Waals surface area contributed by atoms with Crippen molar-refractivity contribution < 1.29 is 4.79 Å². The van der Waals surface area contributed by atoms with E-state index in [-0.39, 0.29) is 11.9 Å². The molecule has 122 valence electrons. The predicted octanol–water partition coefficient (Wildman–Crippen LogP) is 5.41. The van der Waals surface area contributed by atoms with Gasteiger partial charge in [-0.25, -0.2) is 0 Å². The number of hydrogen-bond donors (Lipinski definition) is 1. The molecule has 0 unspecified atom stereocenters. The molecule has 23 heavy (non-hydrogen) atoms. The molecule has 0 spiro atoms. The number of amides is 1. The quantitative estimate of drug-likeness (QED) is 0.738. The smallest absolute Gasteiger partial charge is 0.230 e. The average Bonchev–Trinajstić information content (AvgIpc) is 2.51. The first-order valence-electron chi connectivity index (χ1n) is 7.34. The van der Waals surface area contributed by atoms with E-state index in [1.165, 1.54) is 17.3 Å². The molecular weight excluding hydrogens is 349 g/mol. The average molecular weight is 368 g/mol. The summed E-state index contributed by atoms with van der Waals surface area (Å²) < 4.78 is 0. The van der Waals surface area contributed by atoms with Crippen molar-refractivity contribution in [3.8, 4) is 0 Å². The number of carbonyl (C=O) groups is 1. The second-order valence-corrected chi connectivity index (χ2v) is 7.19. The Morgan fingerprint density at radius 3 is 2.35 bits per heavy atom. The number of benzene rings is 2. The molecule has 0 aliphatic rings.